The largest absolute Gasteiger partial charge is 0.380 e. The number of amides is 1. The van der Waals surface area contributed by atoms with Crippen molar-refractivity contribution in [1.82, 2.24) is 5.32 Å². The highest BCUT2D eigenvalue weighted by Gasteiger charge is 2.25. The van der Waals surface area contributed by atoms with Crippen LogP contribution in [0.4, 0.5) is 0 Å². The van der Waals surface area contributed by atoms with Crippen molar-refractivity contribution in [3.8, 4) is 0 Å². The summed E-state index contributed by atoms with van der Waals surface area (Å²) in [5.74, 6) is 0.887. The summed E-state index contributed by atoms with van der Waals surface area (Å²) in [6, 6.07) is 0. The van der Waals surface area contributed by atoms with Gasteiger partial charge in [-0.25, -0.2) is 0 Å². The minimum absolute atomic E-state index is 0.170. The Balaban J connectivity index is 2.19. The van der Waals surface area contributed by atoms with Crippen molar-refractivity contribution < 1.29 is 9.53 Å². The molecule has 0 saturated heterocycles. The molecule has 2 unspecified atom stereocenters. The lowest BCUT2D eigenvalue weighted by atomic mass is 9.81. The Labute approximate surface area is 97.9 Å². The number of ether oxygens (including phenoxy) is 1. The summed E-state index contributed by atoms with van der Waals surface area (Å²) >= 11 is 0. The molecule has 1 fully saturated rings. The summed E-state index contributed by atoms with van der Waals surface area (Å²) in [6.07, 6.45) is 4.28. The number of nitrogens with two attached hydrogens (primary N) is 1. The second-order valence-corrected chi connectivity index (χ2v) is 4.45. The van der Waals surface area contributed by atoms with Crippen LogP contribution >= 0.6 is 0 Å². The van der Waals surface area contributed by atoms with Crippen LogP contribution in [0.1, 0.15) is 32.6 Å². The standard InChI is InChI=1S/C12H24N2O2/c1-2-16-7-6-14-12(15)11-5-3-4-10(8-11)9-13/h10-11H,2-9,13H2,1H3,(H,14,15). The van der Waals surface area contributed by atoms with Crippen LogP contribution < -0.4 is 11.1 Å². The molecule has 1 amide bonds. The van der Waals surface area contributed by atoms with Crippen molar-refractivity contribution in [3.63, 3.8) is 0 Å². The first-order valence-electron chi connectivity index (χ1n) is 6.33. The molecule has 3 N–H and O–H groups in total. The molecular weight excluding hydrogens is 204 g/mol. The average molecular weight is 228 g/mol. The zero-order valence-corrected chi connectivity index (χ0v) is 10.2. The summed E-state index contributed by atoms with van der Waals surface area (Å²) in [6.45, 7) is 4.60. The van der Waals surface area contributed by atoms with E-state index in [4.69, 9.17) is 10.5 Å². The molecule has 0 heterocycles. The Kier molecular flexibility index (Phi) is 6.42. The Morgan fingerprint density at radius 3 is 3.00 bits per heavy atom. The summed E-state index contributed by atoms with van der Waals surface area (Å²) < 4.78 is 5.18. The van der Waals surface area contributed by atoms with Crippen LogP contribution in [0.25, 0.3) is 0 Å². The highest BCUT2D eigenvalue weighted by molar-refractivity contribution is 5.78. The number of nitrogens with one attached hydrogen (secondary N) is 1. The lowest BCUT2D eigenvalue weighted by Gasteiger charge is -2.27. The quantitative estimate of drug-likeness (QED) is 0.664. The fourth-order valence-electron chi connectivity index (χ4n) is 2.28. The van der Waals surface area contributed by atoms with E-state index in [1.165, 1.54) is 6.42 Å². The molecule has 94 valence electrons. The van der Waals surface area contributed by atoms with Gasteiger partial charge in [0.2, 0.25) is 5.91 Å². The molecule has 1 saturated carbocycles. The summed E-state index contributed by atoms with van der Waals surface area (Å²) in [5.41, 5.74) is 5.65. The van der Waals surface area contributed by atoms with Crippen LogP contribution in [0.3, 0.4) is 0 Å². The molecule has 0 bridgehead atoms. The molecule has 4 heteroatoms. The van der Waals surface area contributed by atoms with Gasteiger partial charge in [0.15, 0.2) is 0 Å². The van der Waals surface area contributed by atoms with Crippen LogP contribution in [0.5, 0.6) is 0 Å². The van der Waals surface area contributed by atoms with Gasteiger partial charge in [-0.1, -0.05) is 6.42 Å². The van der Waals surface area contributed by atoms with Crippen LogP contribution in [-0.2, 0) is 9.53 Å². The van der Waals surface area contributed by atoms with E-state index in [-0.39, 0.29) is 11.8 Å². The molecule has 1 aliphatic rings. The molecule has 0 aliphatic heterocycles. The maximum absolute atomic E-state index is 11.8. The normalized spacial score (nSPS) is 25.4. The molecule has 2 atom stereocenters. The number of carbonyl (C=O) groups excluding carboxylic acids is 1. The first-order chi connectivity index (χ1) is 7.77. The highest BCUT2D eigenvalue weighted by atomic mass is 16.5. The van der Waals surface area contributed by atoms with E-state index in [1.54, 1.807) is 0 Å². The maximum Gasteiger partial charge on any atom is 0.223 e. The first kappa shape index (κ1) is 13.5. The molecular formula is C12H24N2O2. The highest BCUT2D eigenvalue weighted by Crippen LogP contribution is 2.28. The molecule has 0 aromatic rings. The fourth-order valence-corrected chi connectivity index (χ4v) is 2.28. The molecule has 0 aromatic heterocycles. The van der Waals surface area contributed by atoms with E-state index in [1.807, 2.05) is 6.92 Å². The molecule has 0 spiro atoms. The molecule has 0 aromatic carbocycles. The molecule has 1 rings (SSSR count). The second kappa shape index (κ2) is 7.63. The predicted molar refractivity (Wildman–Crippen MR) is 64.0 cm³/mol. The Morgan fingerprint density at radius 1 is 1.50 bits per heavy atom. The van der Waals surface area contributed by atoms with Crippen LogP contribution in [0, 0.1) is 11.8 Å². The van der Waals surface area contributed by atoms with Gasteiger partial charge in [-0.3, -0.25) is 4.79 Å². The Bertz CT molecular complexity index is 209. The van der Waals surface area contributed by atoms with Crippen molar-refractivity contribution in [2.45, 2.75) is 32.6 Å². The maximum atomic E-state index is 11.8. The summed E-state index contributed by atoms with van der Waals surface area (Å²) in [5, 5.41) is 2.93. The van der Waals surface area contributed by atoms with Crippen molar-refractivity contribution in [2.24, 2.45) is 17.6 Å². The number of carbonyl (C=O) groups is 1. The fraction of sp³-hybridized carbons (Fsp3) is 0.917. The number of hydrogen-bond donors (Lipinski definition) is 2. The van der Waals surface area contributed by atoms with Gasteiger partial charge in [0.25, 0.3) is 0 Å². The number of hydrogen-bond acceptors (Lipinski definition) is 3. The third-order valence-electron chi connectivity index (χ3n) is 3.24. The summed E-state index contributed by atoms with van der Waals surface area (Å²) in [4.78, 5) is 11.8. The van der Waals surface area contributed by atoms with E-state index in [0.717, 1.165) is 19.3 Å². The molecule has 0 radical (unpaired) electrons. The van der Waals surface area contributed by atoms with Gasteiger partial charge in [-0.15, -0.1) is 0 Å². The van der Waals surface area contributed by atoms with Crippen LogP contribution in [0.2, 0.25) is 0 Å². The van der Waals surface area contributed by atoms with Gasteiger partial charge < -0.3 is 15.8 Å². The third-order valence-corrected chi connectivity index (χ3v) is 3.24. The molecule has 16 heavy (non-hydrogen) atoms. The zero-order valence-electron chi connectivity index (χ0n) is 10.2. The van der Waals surface area contributed by atoms with Gasteiger partial charge in [0, 0.05) is 19.1 Å². The van der Waals surface area contributed by atoms with Crippen molar-refractivity contribution in [2.75, 3.05) is 26.3 Å². The van der Waals surface area contributed by atoms with Crippen LogP contribution in [-0.4, -0.2) is 32.2 Å². The van der Waals surface area contributed by atoms with Gasteiger partial charge in [-0.05, 0) is 38.6 Å². The average Bonchev–Trinajstić information content (AvgIpc) is 2.34. The van der Waals surface area contributed by atoms with Crippen LogP contribution in [0.15, 0.2) is 0 Å². The van der Waals surface area contributed by atoms with Gasteiger partial charge in [-0.2, -0.15) is 0 Å². The van der Waals surface area contributed by atoms with Gasteiger partial charge in [0.1, 0.15) is 0 Å². The van der Waals surface area contributed by atoms with E-state index in [0.29, 0.717) is 32.2 Å². The van der Waals surface area contributed by atoms with Gasteiger partial charge >= 0.3 is 0 Å². The molecule has 1 aliphatic carbocycles. The van der Waals surface area contributed by atoms with E-state index in [2.05, 4.69) is 5.32 Å². The smallest absolute Gasteiger partial charge is 0.223 e. The summed E-state index contributed by atoms with van der Waals surface area (Å²) in [7, 11) is 0. The van der Waals surface area contributed by atoms with Gasteiger partial charge in [0.05, 0.1) is 6.61 Å². The minimum Gasteiger partial charge on any atom is -0.380 e. The SMILES string of the molecule is CCOCCNC(=O)C1CCCC(CN)C1. The third kappa shape index (κ3) is 4.49. The zero-order chi connectivity index (χ0) is 11.8. The van der Waals surface area contributed by atoms with Crippen molar-refractivity contribution >= 4 is 5.91 Å². The van der Waals surface area contributed by atoms with Crippen molar-refractivity contribution in [3.05, 3.63) is 0 Å². The Hall–Kier alpha value is -0.610. The predicted octanol–water partition coefficient (Wildman–Crippen LogP) is 0.904. The van der Waals surface area contributed by atoms with E-state index < -0.39 is 0 Å². The van der Waals surface area contributed by atoms with E-state index >= 15 is 0 Å². The Morgan fingerprint density at radius 2 is 2.31 bits per heavy atom. The molecule has 4 nitrogen and oxygen atoms in total. The monoisotopic (exact) mass is 228 g/mol. The second-order valence-electron chi connectivity index (χ2n) is 4.45. The lowest BCUT2D eigenvalue weighted by Crippen LogP contribution is -2.36. The minimum atomic E-state index is 0.170. The lowest BCUT2D eigenvalue weighted by molar-refractivity contribution is -0.126. The van der Waals surface area contributed by atoms with Crippen molar-refractivity contribution in [1.29, 1.82) is 0 Å². The topological polar surface area (TPSA) is 64.3 Å². The number of rotatable bonds is 6. The first-order valence-corrected chi connectivity index (χ1v) is 6.33. The van der Waals surface area contributed by atoms with E-state index in [9.17, 15) is 4.79 Å².